The van der Waals surface area contributed by atoms with Crippen LogP contribution < -0.4 is 0 Å². The minimum Gasteiger partial charge on any atom is -0.487 e. The average molecular weight is 187 g/mol. The molecule has 2 nitrogen and oxygen atoms in total. The molecule has 1 aromatic rings. The summed E-state index contributed by atoms with van der Waals surface area (Å²) in [5.41, 5.74) is 1.12. The van der Waals surface area contributed by atoms with Crippen LogP contribution in [0.3, 0.4) is 0 Å². The lowest BCUT2D eigenvalue weighted by molar-refractivity contribution is 0.210. The van der Waals surface area contributed by atoms with E-state index in [1.54, 1.807) is 6.08 Å². The molecule has 72 valence electrons. The topological polar surface area (TPSA) is 21.6 Å². The maximum absolute atomic E-state index is 5.43. The van der Waals surface area contributed by atoms with E-state index in [9.17, 15) is 0 Å². The summed E-state index contributed by atoms with van der Waals surface area (Å²) in [5.74, 6) is 0.629. The molecule has 0 aliphatic heterocycles. The van der Waals surface area contributed by atoms with Gasteiger partial charge in [-0.3, -0.25) is 4.99 Å². The third-order valence-corrected chi connectivity index (χ3v) is 1.67. The van der Waals surface area contributed by atoms with Crippen LogP contribution in [-0.4, -0.2) is 6.72 Å². The molecule has 0 saturated carbocycles. The number of hydrogen-bond acceptors (Lipinski definition) is 2. The van der Waals surface area contributed by atoms with Crippen molar-refractivity contribution in [1.29, 1.82) is 0 Å². The molecule has 1 aromatic carbocycles. The molecular weight excluding hydrogens is 174 g/mol. The largest absolute Gasteiger partial charge is 0.487 e. The van der Waals surface area contributed by atoms with Gasteiger partial charge >= 0.3 is 0 Å². The Balaban J connectivity index is 2.52. The second-order valence-corrected chi connectivity index (χ2v) is 2.69. The molecule has 0 N–H and O–H groups in total. The summed E-state index contributed by atoms with van der Waals surface area (Å²) >= 11 is 0. The molecule has 0 aliphatic carbocycles. The molecule has 0 fully saturated rings. The van der Waals surface area contributed by atoms with E-state index in [2.05, 4.69) is 18.3 Å². The van der Waals surface area contributed by atoms with Crippen molar-refractivity contribution in [2.45, 2.75) is 6.61 Å². The molecule has 0 unspecified atom stereocenters. The van der Waals surface area contributed by atoms with Crippen LogP contribution in [0.1, 0.15) is 5.56 Å². The Morgan fingerprint density at radius 1 is 1.36 bits per heavy atom. The Bertz CT molecular complexity index is 327. The predicted molar refractivity (Wildman–Crippen MR) is 59.1 cm³/mol. The van der Waals surface area contributed by atoms with Crippen molar-refractivity contribution in [1.82, 2.24) is 0 Å². The molecule has 0 aromatic heterocycles. The van der Waals surface area contributed by atoms with Crippen molar-refractivity contribution in [3.8, 4) is 0 Å². The zero-order valence-electron chi connectivity index (χ0n) is 8.02. The third kappa shape index (κ3) is 3.27. The molecule has 1 rings (SSSR count). The van der Waals surface area contributed by atoms with E-state index in [1.807, 2.05) is 30.3 Å². The second-order valence-electron chi connectivity index (χ2n) is 2.69. The molecule has 0 atom stereocenters. The van der Waals surface area contributed by atoms with Crippen molar-refractivity contribution in [3.63, 3.8) is 0 Å². The first-order valence-corrected chi connectivity index (χ1v) is 4.32. The van der Waals surface area contributed by atoms with Gasteiger partial charge in [-0.15, -0.1) is 0 Å². The van der Waals surface area contributed by atoms with Gasteiger partial charge < -0.3 is 4.74 Å². The van der Waals surface area contributed by atoms with Crippen LogP contribution >= 0.6 is 0 Å². The third-order valence-electron chi connectivity index (χ3n) is 1.67. The summed E-state index contributed by atoms with van der Waals surface area (Å²) in [7, 11) is 0. The highest BCUT2D eigenvalue weighted by Gasteiger charge is 1.93. The Labute approximate surface area is 84.3 Å². The first-order chi connectivity index (χ1) is 6.86. The zero-order chi connectivity index (χ0) is 10.2. The normalized spacial score (nSPS) is 10.7. The molecule has 0 saturated heterocycles. The molecule has 0 aliphatic rings. The van der Waals surface area contributed by atoms with Crippen LogP contribution in [0.4, 0.5) is 0 Å². The fourth-order valence-electron chi connectivity index (χ4n) is 0.980. The van der Waals surface area contributed by atoms with Gasteiger partial charge in [0, 0.05) is 0 Å². The number of rotatable bonds is 5. The molecular formula is C12H13NO. The number of benzene rings is 1. The van der Waals surface area contributed by atoms with Crippen molar-refractivity contribution in [3.05, 3.63) is 60.5 Å². The average Bonchev–Trinajstić information content (AvgIpc) is 2.25. The van der Waals surface area contributed by atoms with E-state index in [4.69, 9.17) is 4.74 Å². The van der Waals surface area contributed by atoms with Crippen molar-refractivity contribution >= 4 is 6.72 Å². The van der Waals surface area contributed by atoms with Gasteiger partial charge in [0.1, 0.15) is 12.4 Å². The summed E-state index contributed by atoms with van der Waals surface area (Å²) in [6, 6.07) is 9.92. The Morgan fingerprint density at radius 3 is 2.64 bits per heavy atom. The molecule has 14 heavy (non-hydrogen) atoms. The Kier molecular flexibility index (Phi) is 4.21. The second kappa shape index (κ2) is 5.75. The van der Waals surface area contributed by atoms with Gasteiger partial charge in [0.25, 0.3) is 0 Å². The predicted octanol–water partition coefficient (Wildman–Crippen LogP) is 2.93. The summed E-state index contributed by atoms with van der Waals surface area (Å²) in [6.07, 6.45) is 3.15. The lowest BCUT2D eigenvalue weighted by Crippen LogP contribution is -1.90. The number of hydrogen-bond donors (Lipinski definition) is 0. The van der Waals surface area contributed by atoms with Crippen molar-refractivity contribution in [2.75, 3.05) is 0 Å². The van der Waals surface area contributed by atoms with E-state index in [0.29, 0.717) is 12.4 Å². The lowest BCUT2D eigenvalue weighted by Gasteiger charge is -2.05. The monoisotopic (exact) mass is 187 g/mol. The highest BCUT2D eigenvalue weighted by atomic mass is 16.5. The van der Waals surface area contributed by atoms with Gasteiger partial charge in [-0.2, -0.15) is 0 Å². The Morgan fingerprint density at radius 2 is 2.07 bits per heavy atom. The van der Waals surface area contributed by atoms with Crippen LogP contribution in [0.15, 0.2) is 59.9 Å². The quantitative estimate of drug-likeness (QED) is 0.394. The highest BCUT2D eigenvalue weighted by Crippen LogP contribution is 2.06. The smallest absolute Gasteiger partial charge is 0.137 e. The summed E-state index contributed by atoms with van der Waals surface area (Å²) in [6.45, 7) is 7.48. The molecule has 0 bridgehead atoms. The van der Waals surface area contributed by atoms with E-state index >= 15 is 0 Å². The van der Waals surface area contributed by atoms with Gasteiger partial charge in [-0.05, 0) is 18.4 Å². The van der Waals surface area contributed by atoms with Crippen LogP contribution in [0, 0.1) is 0 Å². The number of nitrogens with zero attached hydrogens (tertiary/aromatic N) is 1. The number of ether oxygens (including phenoxy) is 1. The van der Waals surface area contributed by atoms with Crippen molar-refractivity contribution in [2.24, 2.45) is 4.99 Å². The fraction of sp³-hybridized carbons (Fsp3) is 0.0833. The molecule has 2 heteroatoms. The minimum absolute atomic E-state index is 0.522. The summed E-state index contributed by atoms with van der Waals surface area (Å²) < 4.78 is 5.43. The molecule has 0 heterocycles. The van der Waals surface area contributed by atoms with E-state index in [0.717, 1.165) is 5.56 Å². The maximum atomic E-state index is 5.43. The fourth-order valence-corrected chi connectivity index (χ4v) is 0.980. The van der Waals surface area contributed by atoms with Crippen LogP contribution in [0.25, 0.3) is 0 Å². The number of aliphatic imine (C=N–C) groups is 1. The van der Waals surface area contributed by atoms with E-state index < -0.39 is 0 Å². The van der Waals surface area contributed by atoms with Gasteiger partial charge in [-0.25, -0.2) is 0 Å². The molecule has 0 radical (unpaired) electrons. The molecule has 0 amide bonds. The van der Waals surface area contributed by atoms with E-state index in [-0.39, 0.29) is 0 Å². The van der Waals surface area contributed by atoms with Gasteiger partial charge in [-0.1, -0.05) is 36.9 Å². The minimum atomic E-state index is 0.522. The van der Waals surface area contributed by atoms with Gasteiger partial charge in [0.05, 0.1) is 6.20 Å². The first kappa shape index (κ1) is 10.3. The lowest BCUT2D eigenvalue weighted by atomic mass is 10.2. The Hall–Kier alpha value is -1.83. The maximum Gasteiger partial charge on any atom is 0.137 e. The first-order valence-electron chi connectivity index (χ1n) is 4.32. The van der Waals surface area contributed by atoms with Crippen LogP contribution in [0.5, 0.6) is 0 Å². The van der Waals surface area contributed by atoms with E-state index in [1.165, 1.54) is 6.20 Å². The zero-order valence-corrected chi connectivity index (χ0v) is 8.02. The van der Waals surface area contributed by atoms with Gasteiger partial charge in [0.15, 0.2) is 0 Å². The summed E-state index contributed by atoms with van der Waals surface area (Å²) in [4.78, 5) is 3.61. The SMILES string of the molecule is C=C/C(=C\N=C)OCc1ccccc1. The van der Waals surface area contributed by atoms with Crippen molar-refractivity contribution < 1.29 is 4.74 Å². The van der Waals surface area contributed by atoms with Crippen LogP contribution in [0.2, 0.25) is 0 Å². The standard InChI is InChI=1S/C12H13NO/c1-3-12(9-13-2)14-10-11-7-5-4-6-8-11/h3-9H,1-2,10H2/b12-9+. The van der Waals surface area contributed by atoms with Gasteiger partial charge in [0.2, 0.25) is 0 Å². The summed E-state index contributed by atoms with van der Waals surface area (Å²) in [5, 5.41) is 0. The highest BCUT2D eigenvalue weighted by molar-refractivity contribution is 5.27. The molecule has 0 spiro atoms. The van der Waals surface area contributed by atoms with Crippen LogP contribution in [-0.2, 0) is 11.3 Å². The number of allylic oxidation sites excluding steroid dienone is 1.